The second kappa shape index (κ2) is 5.23. The van der Waals surface area contributed by atoms with Crippen LogP contribution in [-0.2, 0) is 0 Å². The number of amides is 1. The van der Waals surface area contributed by atoms with Crippen molar-refractivity contribution >= 4 is 11.6 Å². The van der Waals surface area contributed by atoms with Gasteiger partial charge in [-0.25, -0.2) is 0 Å². The van der Waals surface area contributed by atoms with Crippen LogP contribution < -0.4 is 4.90 Å². The molecule has 0 bridgehead atoms. The van der Waals surface area contributed by atoms with E-state index in [4.69, 9.17) is 5.26 Å². The molecule has 4 nitrogen and oxygen atoms in total. The molecule has 0 aromatic heterocycles. The molecule has 0 saturated carbocycles. The number of aromatic hydroxyl groups is 1. The average molecular weight is 252 g/mol. The van der Waals surface area contributed by atoms with Crippen LogP contribution in [0.4, 0.5) is 5.69 Å². The van der Waals surface area contributed by atoms with Crippen molar-refractivity contribution in [1.29, 1.82) is 5.26 Å². The average Bonchev–Trinajstić information content (AvgIpc) is 2.46. The van der Waals surface area contributed by atoms with E-state index in [1.807, 2.05) is 6.07 Å². The lowest BCUT2D eigenvalue weighted by Crippen LogP contribution is -2.26. The highest BCUT2D eigenvalue weighted by Gasteiger charge is 2.16. The maximum Gasteiger partial charge on any atom is 0.261 e. The van der Waals surface area contributed by atoms with Crippen LogP contribution >= 0.6 is 0 Å². The Hall–Kier alpha value is -2.80. The van der Waals surface area contributed by atoms with E-state index in [1.54, 1.807) is 49.5 Å². The van der Waals surface area contributed by atoms with Gasteiger partial charge in [-0.3, -0.25) is 4.79 Å². The summed E-state index contributed by atoms with van der Waals surface area (Å²) >= 11 is 0. The highest BCUT2D eigenvalue weighted by atomic mass is 16.3. The number of rotatable bonds is 2. The fourth-order valence-corrected chi connectivity index (χ4v) is 1.71. The zero-order valence-electron chi connectivity index (χ0n) is 10.4. The maximum absolute atomic E-state index is 12.2. The van der Waals surface area contributed by atoms with Gasteiger partial charge in [0.1, 0.15) is 5.75 Å². The SMILES string of the molecule is CN(C(=O)c1ccccc1O)c1ccc(C#N)cc1. The summed E-state index contributed by atoms with van der Waals surface area (Å²) in [6.45, 7) is 0. The predicted octanol–water partition coefficient (Wildman–Crippen LogP) is 2.54. The van der Waals surface area contributed by atoms with E-state index in [9.17, 15) is 9.90 Å². The van der Waals surface area contributed by atoms with Crippen LogP contribution in [0.15, 0.2) is 48.5 Å². The van der Waals surface area contributed by atoms with Gasteiger partial charge < -0.3 is 10.0 Å². The van der Waals surface area contributed by atoms with Gasteiger partial charge in [-0.2, -0.15) is 5.26 Å². The van der Waals surface area contributed by atoms with Crippen LogP contribution in [-0.4, -0.2) is 18.1 Å². The molecule has 0 aliphatic carbocycles. The lowest BCUT2D eigenvalue weighted by molar-refractivity contribution is 0.0990. The molecule has 0 fully saturated rings. The summed E-state index contributed by atoms with van der Waals surface area (Å²) in [4.78, 5) is 13.6. The first-order chi connectivity index (χ1) is 9.13. The van der Waals surface area contributed by atoms with Crippen LogP contribution in [0.5, 0.6) is 5.75 Å². The molecule has 0 atom stereocenters. The number of carbonyl (C=O) groups is 1. The smallest absolute Gasteiger partial charge is 0.261 e. The van der Waals surface area contributed by atoms with Crippen molar-refractivity contribution in [3.8, 4) is 11.8 Å². The number of carbonyl (C=O) groups excluding carboxylic acids is 1. The van der Waals surface area contributed by atoms with Gasteiger partial charge >= 0.3 is 0 Å². The zero-order chi connectivity index (χ0) is 13.8. The number of anilines is 1. The number of nitrogens with zero attached hydrogens (tertiary/aromatic N) is 2. The van der Waals surface area contributed by atoms with Crippen molar-refractivity contribution in [2.75, 3.05) is 11.9 Å². The van der Waals surface area contributed by atoms with Crippen LogP contribution in [0.2, 0.25) is 0 Å². The number of phenolic OH excluding ortho intramolecular Hbond substituents is 1. The van der Waals surface area contributed by atoms with Gasteiger partial charge in [0.25, 0.3) is 5.91 Å². The largest absolute Gasteiger partial charge is 0.507 e. The zero-order valence-corrected chi connectivity index (χ0v) is 10.4. The Labute approximate surface area is 111 Å². The molecular weight excluding hydrogens is 240 g/mol. The topological polar surface area (TPSA) is 64.3 Å². The normalized spacial score (nSPS) is 9.68. The Balaban J connectivity index is 2.29. The van der Waals surface area contributed by atoms with E-state index in [2.05, 4.69) is 0 Å². The number of hydrogen-bond acceptors (Lipinski definition) is 3. The van der Waals surface area contributed by atoms with Crippen molar-refractivity contribution in [3.63, 3.8) is 0 Å². The second-order valence-corrected chi connectivity index (χ2v) is 4.04. The van der Waals surface area contributed by atoms with E-state index in [1.165, 1.54) is 11.0 Å². The molecule has 0 aliphatic heterocycles. The Morgan fingerprint density at radius 3 is 2.37 bits per heavy atom. The van der Waals surface area contributed by atoms with Crippen molar-refractivity contribution in [2.24, 2.45) is 0 Å². The summed E-state index contributed by atoms with van der Waals surface area (Å²) in [5.41, 5.74) is 1.44. The van der Waals surface area contributed by atoms with Crippen molar-refractivity contribution in [1.82, 2.24) is 0 Å². The van der Waals surface area contributed by atoms with Gasteiger partial charge in [0.05, 0.1) is 17.2 Å². The Bertz CT molecular complexity index is 642. The number of benzene rings is 2. The summed E-state index contributed by atoms with van der Waals surface area (Å²) in [5.74, 6) is -0.351. The molecule has 0 spiro atoms. The van der Waals surface area contributed by atoms with Gasteiger partial charge in [-0.1, -0.05) is 12.1 Å². The van der Waals surface area contributed by atoms with Crippen molar-refractivity contribution in [3.05, 3.63) is 59.7 Å². The minimum Gasteiger partial charge on any atom is -0.507 e. The van der Waals surface area contributed by atoms with E-state index in [0.717, 1.165) is 0 Å². The first-order valence-electron chi connectivity index (χ1n) is 5.69. The summed E-state index contributed by atoms with van der Waals surface area (Å²) in [5, 5.41) is 18.4. The van der Waals surface area contributed by atoms with Crippen LogP contribution in [0.1, 0.15) is 15.9 Å². The Morgan fingerprint density at radius 1 is 1.16 bits per heavy atom. The Morgan fingerprint density at radius 2 is 1.79 bits per heavy atom. The number of hydrogen-bond donors (Lipinski definition) is 1. The molecule has 1 amide bonds. The first kappa shape index (κ1) is 12.7. The summed E-state index contributed by atoms with van der Waals surface area (Å²) in [7, 11) is 1.62. The van der Waals surface area contributed by atoms with E-state index in [0.29, 0.717) is 11.3 Å². The van der Waals surface area contributed by atoms with Gasteiger partial charge in [-0.15, -0.1) is 0 Å². The van der Waals surface area contributed by atoms with Crippen LogP contribution in [0.3, 0.4) is 0 Å². The van der Waals surface area contributed by atoms with E-state index >= 15 is 0 Å². The lowest BCUT2D eigenvalue weighted by atomic mass is 10.1. The maximum atomic E-state index is 12.2. The monoisotopic (exact) mass is 252 g/mol. The van der Waals surface area contributed by atoms with Crippen molar-refractivity contribution in [2.45, 2.75) is 0 Å². The Kier molecular flexibility index (Phi) is 3.48. The van der Waals surface area contributed by atoms with Gasteiger partial charge in [-0.05, 0) is 36.4 Å². The molecule has 0 unspecified atom stereocenters. The molecule has 1 N–H and O–H groups in total. The van der Waals surface area contributed by atoms with Crippen LogP contribution in [0, 0.1) is 11.3 Å². The molecular formula is C15H12N2O2. The third-order valence-electron chi connectivity index (χ3n) is 2.82. The molecule has 2 aromatic carbocycles. The molecule has 0 saturated heterocycles. The van der Waals surface area contributed by atoms with Gasteiger partial charge in [0, 0.05) is 12.7 Å². The number of para-hydroxylation sites is 1. The molecule has 2 rings (SSSR count). The second-order valence-electron chi connectivity index (χ2n) is 4.04. The summed E-state index contributed by atoms with van der Waals surface area (Å²) in [6, 6.07) is 15.1. The quantitative estimate of drug-likeness (QED) is 0.893. The molecule has 2 aromatic rings. The minimum atomic E-state index is -0.303. The number of nitriles is 1. The summed E-state index contributed by atoms with van der Waals surface area (Å²) < 4.78 is 0. The predicted molar refractivity (Wildman–Crippen MR) is 72.0 cm³/mol. The molecule has 0 heterocycles. The highest BCUT2D eigenvalue weighted by molar-refractivity contribution is 6.07. The standard InChI is InChI=1S/C15H12N2O2/c1-17(12-8-6-11(10-16)7-9-12)15(19)13-4-2-3-5-14(13)18/h2-9,18H,1H3. The third kappa shape index (κ3) is 2.55. The molecule has 0 radical (unpaired) electrons. The fraction of sp³-hybridized carbons (Fsp3) is 0.0667. The molecule has 94 valence electrons. The lowest BCUT2D eigenvalue weighted by Gasteiger charge is -2.17. The molecule has 0 aliphatic rings. The van der Waals surface area contributed by atoms with Crippen molar-refractivity contribution < 1.29 is 9.90 Å². The van der Waals surface area contributed by atoms with E-state index in [-0.39, 0.29) is 17.2 Å². The fourth-order valence-electron chi connectivity index (χ4n) is 1.71. The van der Waals surface area contributed by atoms with Gasteiger partial charge in [0.2, 0.25) is 0 Å². The minimum absolute atomic E-state index is 0.0482. The third-order valence-corrected chi connectivity index (χ3v) is 2.82. The highest BCUT2D eigenvalue weighted by Crippen LogP contribution is 2.21. The van der Waals surface area contributed by atoms with Crippen LogP contribution in [0.25, 0.3) is 0 Å². The first-order valence-corrected chi connectivity index (χ1v) is 5.69. The van der Waals surface area contributed by atoms with E-state index < -0.39 is 0 Å². The summed E-state index contributed by atoms with van der Waals surface area (Å²) in [6.07, 6.45) is 0. The molecule has 4 heteroatoms. The number of phenols is 1. The molecule has 19 heavy (non-hydrogen) atoms. The van der Waals surface area contributed by atoms with Gasteiger partial charge in [0.15, 0.2) is 0 Å².